The van der Waals surface area contributed by atoms with E-state index in [2.05, 4.69) is 15.3 Å². The van der Waals surface area contributed by atoms with Gasteiger partial charge in [-0.2, -0.15) is 13.2 Å². The fourth-order valence-electron chi connectivity index (χ4n) is 2.89. The summed E-state index contributed by atoms with van der Waals surface area (Å²) in [4.78, 5) is 20.8. The van der Waals surface area contributed by atoms with Gasteiger partial charge in [-0.1, -0.05) is 30.3 Å². The largest absolute Gasteiger partial charge is 0.417 e. The van der Waals surface area contributed by atoms with Crippen LogP contribution in [0.15, 0.2) is 60.9 Å². The molecule has 4 aromatic rings. The maximum absolute atomic E-state index is 13.8. The van der Waals surface area contributed by atoms with Gasteiger partial charge in [0.2, 0.25) is 0 Å². The van der Waals surface area contributed by atoms with Crippen molar-refractivity contribution in [1.29, 1.82) is 0 Å². The molecule has 29 heavy (non-hydrogen) atoms. The number of pyridine rings is 2. The smallest absolute Gasteiger partial charge is 0.397 e. The Balaban J connectivity index is 1.87. The number of nitrogens with two attached hydrogens (primary N) is 1. The van der Waals surface area contributed by atoms with E-state index in [0.29, 0.717) is 11.3 Å². The van der Waals surface area contributed by atoms with Crippen molar-refractivity contribution in [2.24, 2.45) is 0 Å². The summed E-state index contributed by atoms with van der Waals surface area (Å²) in [6.45, 7) is 0. The number of thiophene rings is 1. The van der Waals surface area contributed by atoms with Crippen molar-refractivity contribution in [3.8, 4) is 11.3 Å². The van der Waals surface area contributed by atoms with E-state index in [1.165, 1.54) is 12.4 Å². The van der Waals surface area contributed by atoms with E-state index in [4.69, 9.17) is 5.73 Å². The zero-order valence-electron chi connectivity index (χ0n) is 14.7. The molecule has 5 nitrogen and oxygen atoms in total. The van der Waals surface area contributed by atoms with Gasteiger partial charge in [-0.15, -0.1) is 11.3 Å². The minimum Gasteiger partial charge on any atom is -0.397 e. The van der Waals surface area contributed by atoms with Crippen LogP contribution in [0.4, 0.5) is 24.5 Å². The predicted molar refractivity (Wildman–Crippen MR) is 107 cm³/mol. The summed E-state index contributed by atoms with van der Waals surface area (Å²) in [7, 11) is 0. The summed E-state index contributed by atoms with van der Waals surface area (Å²) >= 11 is 0.822. The van der Waals surface area contributed by atoms with E-state index >= 15 is 0 Å². The van der Waals surface area contributed by atoms with E-state index in [9.17, 15) is 18.0 Å². The second kappa shape index (κ2) is 7.17. The van der Waals surface area contributed by atoms with Gasteiger partial charge >= 0.3 is 6.18 Å². The normalized spacial score (nSPS) is 11.6. The Hall–Kier alpha value is -3.46. The van der Waals surface area contributed by atoms with Crippen molar-refractivity contribution < 1.29 is 18.0 Å². The van der Waals surface area contributed by atoms with Crippen LogP contribution in [-0.2, 0) is 6.18 Å². The summed E-state index contributed by atoms with van der Waals surface area (Å²) in [5, 5.41) is 2.32. The molecular weight excluding hydrogens is 401 g/mol. The minimum atomic E-state index is -4.66. The highest BCUT2D eigenvalue weighted by atomic mass is 32.1. The van der Waals surface area contributed by atoms with Crippen LogP contribution in [0.5, 0.6) is 0 Å². The third kappa shape index (κ3) is 3.64. The first kappa shape index (κ1) is 18.9. The number of fused-ring (bicyclic) bond motifs is 1. The number of rotatable bonds is 3. The molecule has 0 aliphatic heterocycles. The van der Waals surface area contributed by atoms with Crippen molar-refractivity contribution in [3.63, 3.8) is 0 Å². The number of nitrogens with one attached hydrogen (secondary N) is 1. The number of aromatic nitrogens is 2. The highest BCUT2D eigenvalue weighted by Crippen LogP contribution is 2.43. The van der Waals surface area contributed by atoms with Gasteiger partial charge in [-0.3, -0.25) is 9.78 Å². The molecule has 0 aliphatic carbocycles. The van der Waals surface area contributed by atoms with Gasteiger partial charge in [0.05, 0.1) is 28.8 Å². The number of anilines is 2. The summed E-state index contributed by atoms with van der Waals surface area (Å²) in [5.41, 5.74) is 5.91. The van der Waals surface area contributed by atoms with Gasteiger partial charge < -0.3 is 11.1 Å². The molecule has 9 heteroatoms. The lowest BCUT2D eigenvalue weighted by atomic mass is 10.1. The molecule has 0 bridgehead atoms. The van der Waals surface area contributed by atoms with E-state index < -0.39 is 17.6 Å². The summed E-state index contributed by atoms with van der Waals surface area (Å²) < 4.78 is 41.3. The summed E-state index contributed by atoms with van der Waals surface area (Å²) in [6, 6.07) is 12.7. The number of alkyl halides is 3. The molecule has 0 aliphatic rings. The molecule has 3 aromatic heterocycles. The molecule has 0 fully saturated rings. The van der Waals surface area contributed by atoms with Crippen LogP contribution >= 0.6 is 11.3 Å². The SMILES string of the molecule is Nc1c(C(=O)Nc2cccnc2)sc2nc(-c3ccccc3)cc(C(F)(F)F)c12. The number of halogens is 3. The van der Waals surface area contributed by atoms with Gasteiger partial charge in [-0.25, -0.2) is 4.98 Å². The molecule has 0 saturated carbocycles. The zero-order valence-corrected chi connectivity index (χ0v) is 15.5. The highest BCUT2D eigenvalue weighted by Gasteiger charge is 2.36. The first-order valence-electron chi connectivity index (χ1n) is 8.41. The Kier molecular flexibility index (Phi) is 4.67. The van der Waals surface area contributed by atoms with Gasteiger partial charge in [0.15, 0.2) is 0 Å². The Morgan fingerprint density at radius 2 is 1.86 bits per heavy atom. The third-order valence-electron chi connectivity index (χ3n) is 4.20. The number of hydrogen-bond acceptors (Lipinski definition) is 5. The Morgan fingerprint density at radius 1 is 1.10 bits per heavy atom. The van der Waals surface area contributed by atoms with Crippen LogP contribution in [0, 0.1) is 0 Å². The fourth-order valence-corrected chi connectivity index (χ4v) is 3.91. The molecule has 1 aromatic carbocycles. The van der Waals surface area contributed by atoms with Gasteiger partial charge in [-0.05, 0) is 18.2 Å². The maximum Gasteiger partial charge on any atom is 0.417 e. The molecule has 3 heterocycles. The predicted octanol–water partition coefficient (Wildman–Crippen LogP) is 5.21. The average Bonchev–Trinajstić information content (AvgIpc) is 3.05. The lowest BCUT2D eigenvalue weighted by molar-refractivity contribution is -0.136. The second-order valence-electron chi connectivity index (χ2n) is 6.14. The quantitative estimate of drug-likeness (QED) is 0.482. The summed E-state index contributed by atoms with van der Waals surface area (Å²) in [6.07, 6.45) is -1.70. The first-order chi connectivity index (χ1) is 13.8. The molecule has 0 atom stereocenters. The van der Waals surface area contributed by atoms with Crippen LogP contribution in [0.1, 0.15) is 15.2 Å². The van der Waals surface area contributed by atoms with Crippen molar-refractivity contribution in [1.82, 2.24) is 9.97 Å². The van der Waals surface area contributed by atoms with Crippen molar-refractivity contribution >= 4 is 38.8 Å². The molecular formula is C20H13F3N4OS. The molecule has 0 saturated heterocycles. The van der Waals surface area contributed by atoms with Gasteiger partial charge in [0.1, 0.15) is 9.71 Å². The monoisotopic (exact) mass is 414 g/mol. The van der Waals surface area contributed by atoms with Crippen molar-refractivity contribution in [3.05, 3.63) is 71.4 Å². The Bertz CT molecular complexity index is 1190. The average molecular weight is 414 g/mol. The number of hydrogen-bond donors (Lipinski definition) is 2. The van der Waals surface area contributed by atoms with Crippen LogP contribution in [0.25, 0.3) is 21.5 Å². The van der Waals surface area contributed by atoms with Gasteiger partial charge in [0, 0.05) is 17.1 Å². The molecule has 1 amide bonds. The Morgan fingerprint density at radius 3 is 2.52 bits per heavy atom. The van der Waals surface area contributed by atoms with Crippen LogP contribution in [-0.4, -0.2) is 15.9 Å². The molecule has 0 radical (unpaired) electrons. The lowest BCUT2D eigenvalue weighted by Gasteiger charge is -2.11. The van der Waals surface area contributed by atoms with Crippen molar-refractivity contribution in [2.45, 2.75) is 6.18 Å². The molecule has 0 spiro atoms. The number of benzene rings is 1. The Labute approximate surface area is 167 Å². The summed E-state index contributed by atoms with van der Waals surface area (Å²) in [5.74, 6) is -0.618. The number of nitrogens with zero attached hydrogens (tertiary/aromatic N) is 2. The van der Waals surface area contributed by atoms with Crippen molar-refractivity contribution in [2.75, 3.05) is 11.1 Å². The second-order valence-corrected chi connectivity index (χ2v) is 7.14. The standard InChI is InChI=1S/C20H13F3N4OS/c21-20(22,23)13-9-14(11-5-2-1-3-6-11)27-19-15(13)16(24)17(29-19)18(28)26-12-7-4-8-25-10-12/h1-10H,24H2,(H,26,28). The zero-order chi connectivity index (χ0) is 20.6. The highest BCUT2D eigenvalue weighted by molar-refractivity contribution is 7.21. The van der Waals surface area contributed by atoms with E-state index in [-0.39, 0.29) is 26.5 Å². The maximum atomic E-state index is 13.8. The molecule has 0 unspecified atom stereocenters. The van der Waals surface area contributed by atoms with Crippen LogP contribution in [0.2, 0.25) is 0 Å². The number of amides is 1. The first-order valence-corrected chi connectivity index (χ1v) is 9.23. The molecule has 4 rings (SSSR count). The fraction of sp³-hybridized carbons (Fsp3) is 0.0500. The third-order valence-corrected chi connectivity index (χ3v) is 5.30. The lowest BCUT2D eigenvalue weighted by Crippen LogP contribution is -2.12. The molecule has 3 N–H and O–H groups in total. The van der Waals surface area contributed by atoms with Gasteiger partial charge in [0.25, 0.3) is 5.91 Å². The molecule has 146 valence electrons. The van der Waals surface area contributed by atoms with Crippen LogP contribution in [0.3, 0.4) is 0 Å². The topological polar surface area (TPSA) is 80.9 Å². The number of nitrogen functional groups attached to an aromatic ring is 1. The van der Waals surface area contributed by atoms with Crippen LogP contribution < -0.4 is 11.1 Å². The number of carbonyl (C=O) groups excluding carboxylic acids is 1. The number of carbonyl (C=O) groups is 1. The van der Waals surface area contributed by atoms with E-state index in [0.717, 1.165) is 17.4 Å². The minimum absolute atomic E-state index is 0.0351. The van der Waals surface area contributed by atoms with E-state index in [1.807, 2.05) is 0 Å². The van der Waals surface area contributed by atoms with E-state index in [1.54, 1.807) is 42.5 Å².